The summed E-state index contributed by atoms with van der Waals surface area (Å²) in [5.74, 6) is 1.94. The quantitative estimate of drug-likeness (QED) is 0.395. The molecule has 0 N–H and O–H groups in total. The predicted molar refractivity (Wildman–Crippen MR) is 131 cm³/mol. The van der Waals surface area contributed by atoms with Crippen LogP contribution < -0.4 is 9.47 Å². The molecule has 5 rings (SSSR count). The fourth-order valence-electron chi connectivity index (χ4n) is 4.44. The van der Waals surface area contributed by atoms with Crippen molar-refractivity contribution in [3.05, 3.63) is 96.2 Å². The van der Waals surface area contributed by atoms with Crippen LogP contribution in [-0.2, 0) is 6.54 Å². The Morgan fingerprint density at radius 2 is 1.80 bits per heavy atom. The van der Waals surface area contributed by atoms with Crippen molar-refractivity contribution >= 4 is 5.91 Å². The second kappa shape index (κ2) is 10.4. The smallest absolute Gasteiger partial charge is 0.254 e. The van der Waals surface area contributed by atoms with E-state index in [-0.39, 0.29) is 11.8 Å². The number of benzene rings is 2. The Balaban J connectivity index is 1.34. The number of rotatable bonds is 7. The highest BCUT2D eigenvalue weighted by molar-refractivity contribution is 5.95. The number of hydrogen-bond acceptors (Lipinski definition) is 6. The van der Waals surface area contributed by atoms with E-state index >= 15 is 0 Å². The van der Waals surface area contributed by atoms with Crippen molar-refractivity contribution in [2.24, 2.45) is 0 Å². The first kappa shape index (κ1) is 22.6. The molecule has 1 unspecified atom stereocenters. The van der Waals surface area contributed by atoms with E-state index in [1.54, 1.807) is 25.7 Å². The minimum atomic E-state index is 0.0268. The van der Waals surface area contributed by atoms with Crippen LogP contribution in [0.2, 0.25) is 0 Å². The van der Waals surface area contributed by atoms with Crippen LogP contribution in [0.4, 0.5) is 0 Å². The van der Waals surface area contributed by atoms with Gasteiger partial charge in [0.1, 0.15) is 17.2 Å². The Bertz CT molecular complexity index is 1270. The van der Waals surface area contributed by atoms with Crippen LogP contribution in [0, 0.1) is 0 Å². The van der Waals surface area contributed by atoms with Gasteiger partial charge in [-0.05, 0) is 54.8 Å². The van der Waals surface area contributed by atoms with Gasteiger partial charge in [-0.1, -0.05) is 18.2 Å². The summed E-state index contributed by atoms with van der Waals surface area (Å²) in [5, 5.41) is 4.29. The van der Waals surface area contributed by atoms with E-state index in [0.29, 0.717) is 36.8 Å². The van der Waals surface area contributed by atoms with Crippen LogP contribution in [0.25, 0.3) is 0 Å². The number of amides is 1. The lowest BCUT2D eigenvalue weighted by Gasteiger charge is -2.33. The molecule has 1 fully saturated rings. The minimum Gasteiger partial charge on any atom is -0.497 e. The first-order valence-corrected chi connectivity index (χ1v) is 11.7. The standard InChI is InChI=1S/C27H27N5O3/c1-34-22-9-11-23(12-10-22)35-26-25(28-14-15-29-26)21-7-4-16-31(18-21)27(33)24-8-3-2-6-20(24)19-32-17-5-13-30-32/h2-3,5-6,8-15,17,21H,4,7,16,18-19H2,1H3. The molecule has 0 radical (unpaired) electrons. The molecular weight excluding hydrogens is 442 g/mol. The molecule has 8 nitrogen and oxygen atoms in total. The number of piperidine rings is 1. The molecule has 2 aromatic heterocycles. The maximum absolute atomic E-state index is 13.6. The van der Waals surface area contributed by atoms with E-state index in [0.717, 1.165) is 29.8 Å². The normalized spacial score (nSPS) is 15.6. The molecular formula is C27H27N5O3. The number of carbonyl (C=O) groups excluding carboxylic acids is 1. The third kappa shape index (κ3) is 5.16. The minimum absolute atomic E-state index is 0.0268. The van der Waals surface area contributed by atoms with Gasteiger partial charge < -0.3 is 14.4 Å². The van der Waals surface area contributed by atoms with Crippen molar-refractivity contribution in [2.75, 3.05) is 20.2 Å². The van der Waals surface area contributed by atoms with E-state index in [4.69, 9.17) is 9.47 Å². The van der Waals surface area contributed by atoms with E-state index in [9.17, 15) is 4.79 Å². The van der Waals surface area contributed by atoms with Gasteiger partial charge in [0.05, 0.1) is 13.7 Å². The van der Waals surface area contributed by atoms with Crippen LogP contribution in [0.15, 0.2) is 79.4 Å². The zero-order valence-corrected chi connectivity index (χ0v) is 19.6. The Labute approximate surface area is 204 Å². The molecule has 1 saturated heterocycles. The molecule has 1 atom stereocenters. The van der Waals surface area contributed by atoms with Crippen LogP contribution in [0.5, 0.6) is 17.4 Å². The summed E-state index contributed by atoms with van der Waals surface area (Å²) in [4.78, 5) is 24.5. The van der Waals surface area contributed by atoms with Gasteiger partial charge in [0.15, 0.2) is 0 Å². The van der Waals surface area contributed by atoms with Gasteiger partial charge in [0.25, 0.3) is 5.91 Å². The molecule has 3 heterocycles. The molecule has 8 heteroatoms. The Morgan fingerprint density at radius 3 is 2.60 bits per heavy atom. The van der Waals surface area contributed by atoms with E-state index in [1.165, 1.54) is 0 Å². The average Bonchev–Trinajstić information content (AvgIpc) is 3.43. The molecule has 4 aromatic rings. The molecule has 35 heavy (non-hydrogen) atoms. The van der Waals surface area contributed by atoms with Crippen LogP contribution >= 0.6 is 0 Å². The van der Waals surface area contributed by atoms with Gasteiger partial charge in [-0.25, -0.2) is 4.98 Å². The van der Waals surface area contributed by atoms with Crippen molar-refractivity contribution in [1.82, 2.24) is 24.6 Å². The molecule has 1 amide bonds. The number of carbonyl (C=O) groups is 1. The summed E-state index contributed by atoms with van der Waals surface area (Å²) in [6, 6.07) is 17.0. The Kier molecular flexibility index (Phi) is 6.70. The largest absolute Gasteiger partial charge is 0.497 e. The molecule has 1 aliphatic heterocycles. The number of nitrogens with zero attached hydrogens (tertiary/aromatic N) is 5. The van der Waals surface area contributed by atoms with Crippen molar-refractivity contribution in [1.29, 1.82) is 0 Å². The van der Waals surface area contributed by atoms with Gasteiger partial charge in [-0.3, -0.25) is 14.5 Å². The lowest BCUT2D eigenvalue weighted by atomic mass is 9.93. The Hall–Kier alpha value is -4.20. The summed E-state index contributed by atoms with van der Waals surface area (Å²) in [6.45, 7) is 1.82. The third-order valence-electron chi connectivity index (χ3n) is 6.20. The molecule has 0 aliphatic carbocycles. The van der Waals surface area contributed by atoms with Crippen LogP contribution in [-0.4, -0.2) is 50.8 Å². The first-order chi connectivity index (χ1) is 17.2. The van der Waals surface area contributed by atoms with Crippen molar-refractivity contribution in [3.63, 3.8) is 0 Å². The van der Waals surface area contributed by atoms with Crippen molar-refractivity contribution in [2.45, 2.75) is 25.3 Å². The molecule has 2 aromatic carbocycles. The number of hydrogen-bond donors (Lipinski definition) is 0. The van der Waals surface area contributed by atoms with Crippen LogP contribution in [0.1, 0.15) is 40.4 Å². The maximum Gasteiger partial charge on any atom is 0.254 e. The van der Waals surface area contributed by atoms with Crippen molar-refractivity contribution in [3.8, 4) is 17.4 Å². The monoisotopic (exact) mass is 469 g/mol. The predicted octanol–water partition coefficient (Wildman–Crippen LogP) is 4.54. The summed E-state index contributed by atoms with van der Waals surface area (Å²) in [5.41, 5.74) is 2.43. The molecule has 0 spiro atoms. The summed E-state index contributed by atoms with van der Waals surface area (Å²) in [7, 11) is 1.63. The highest BCUT2D eigenvalue weighted by atomic mass is 16.5. The summed E-state index contributed by atoms with van der Waals surface area (Å²) in [6.07, 6.45) is 8.74. The molecule has 1 aliphatic rings. The first-order valence-electron chi connectivity index (χ1n) is 11.7. The van der Waals surface area contributed by atoms with Gasteiger partial charge in [-0.2, -0.15) is 5.10 Å². The topological polar surface area (TPSA) is 82.4 Å². The van der Waals surface area contributed by atoms with Gasteiger partial charge in [0, 0.05) is 49.4 Å². The zero-order chi connectivity index (χ0) is 24.0. The summed E-state index contributed by atoms with van der Waals surface area (Å²) >= 11 is 0. The van der Waals surface area contributed by atoms with E-state index in [2.05, 4.69) is 15.1 Å². The number of likely N-dealkylation sites (tertiary alicyclic amines) is 1. The fraction of sp³-hybridized carbons (Fsp3) is 0.259. The van der Waals surface area contributed by atoms with Gasteiger partial charge >= 0.3 is 0 Å². The Morgan fingerprint density at radius 1 is 1.00 bits per heavy atom. The van der Waals surface area contributed by atoms with Crippen LogP contribution in [0.3, 0.4) is 0 Å². The second-order valence-electron chi connectivity index (χ2n) is 8.48. The molecule has 178 valence electrons. The van der Waals surface area contributed by atoms with E-state index in [1.807, 2.05) is 70.4 Å². The average molecular weight is 470 g/mol. The van der Waals surface area contributed by atoms with Gasteiger partial charge in [-0.15, -0.1) is 0 Å². The number of ether oxygens (including phenoxy) is 2. The van der Waals surface area contributed by atoms with Crippen molar-refractivity contribution < 1.29 is 14.3 Å². The maximum atomic E-state index is 13.6. The van der Waals surface area contributed by atoms with Gasteiger partial charge in [0.2, 0.25) is 5.88 Å². The van der Waals surface area contributed by atoms with E-state index < -0.39 is 0 Å². The third-order valence-corrected chi connectivity index (χ3v) is 6.20. The zero-order valence-electron chi connectivity index (χ0n) is 19.6. The highest BCUT2D eigenvalue weighted by Crippen LogP contribution is 2.33. The number of aromatic nitrogens is 4. The molecule has 0 saturated carbocycles. The lowest BCUT2D eigenvalue weighted by Crippen LogP contribution is -2.39. The summed E-state index contributed by atoms with van der Waals surface area (Å²) < 4.78 is 13.1. The second-order valence-corrected chi connectivity index (χ2v) is 8.48. The lowest BCUT2D eigenvalue weighted by molar-refractivity contribution is 0.0703. The SMILES string of the molecule is COc1ccc(Oc2nccnc2C2CCCN(C(=O)c3ccccc3Cn3cccn3)C2)cc1. The highest BCUT2D eigenvalue weighted by Gasteiger charge is 2.29. The number of methoxy groups -OCH3 is 1. The fourth-order valence-corrected chi connectivity index (χ4v) is 4.44. The molecule has 0 bridgehead atoms.